The highest BCUT2D eigenvalue weighted by Gasteiger charge is 2.41. The third-order valence-corrected chi connectivity index (χ3v) is 4.86. The van der Waals surface area contributed by atoms with E-state index in [0.717, 1.165) is 21.9 Å². The molecule has 4 heteroatoms. The van der Waals surface area contributed by atoms with Gasteiger partial charge in [-0.3, -0.25) is 9.69 Å². The zero-order valence-corrected chi connectivity index (χ0v) is 14.5. The van der Waals surface area contributed by atoms with Gasteiger partial charge in [-0.15, -0.1) is 11.8 Å². The lowest BCUT2D eigenvalue weighted by Gasteiger charge is -2.21. The lowest BCUT2D eigenvalue weighted by molar-refractivity contribution is -0.118. The summed E-state index contributed by atoms with van der Waals surface area (Å²) in [5, 5.41) is 10.8. The smallest absolute Gasteiger partial charge is 0.253 e. The Morgan fingerprint density at radius 3 is 2.17 bits per heavy atom. The molecule has 3 nitrogen and oxygen atoms in total. The normalized spacial score (nSPS) is 17.5. The number of para-hydroxylation sites is 1. The van der Waals surface area contributed by atoms with Crippen LogP contribution in [0.2, 0.25) is 0 Å². The van der Waals surface area contributed by atoms with E-state index >= 15 is 0 Å². The van der Waals surface area contributed by atoms with Crippen LogP contribution in [0, 0.1) is 17.2 Å². The summed E-state index contributed by atoms with van der Waals surface area (Å²) < 4.78 is 0. The van der Waals surface area contributed by atoms with Crippen LogP contribution in [0.15, 0.2) is 65.7 Å². The van der Waals surface area contributed by atoms with Crippen molar-refractivity contribution in [3.63, 3.8) is 0 Å². The zero-order chi connectivity index (χ0) is 17.1. The molecule has 1 atom stereocenters. The predicted molar refractivity (Wildman–Crippen MR) is 99.1 cm³/mol. The van der Waals surface area contributed by atoms with E-state index in [2.05, 4.69) is 19.9 Å². The fourth-order valence-corrected chi connectivity index (χ4v) is 3.90. The van der Waals surface area contributed by atoms with E-state index in [1.54, 1.807) is 16.7 Å². The van der Waals surface area contributed by atoms with Crippen molar-refractivity contribution in [2.75, 3.05) is 4.90 Å². The lowest BCUT2D eigenvalue weighted by atomic mass is 9.96. The van der Waals surface area contributed by atoms with Crippen molar-refractivity contribution >= 4 is 28.9 Å². The topological polar surface area (TPSA) is 44.1 Å². The molecule has 1 aliphatic heterocycles. The lowest BCUT2D eigenvalue weighted by Crippen LogP contribution is -2.27. The van der Waals surface area contributed by atoms with Crippen LogP contribution in [0.4, 0.5) is 5.69 Å². The molecule has 120 valence electrons. The maximum atomic E-state index is 13.0. The van der Waals surface area contributed by atoms with Crippen LogP contribution in [0.1, 0.15) is 19.4 Å². The van der Waals surface area contributed by atoms with Crippen LogP contribution in [-0.2, 0) is 4.79 Å². The monoisotopic (exact) mass is 334 g/mol. The summed E-state index contributed by atoms with van der Waals surface area (Å²) in [5.74, 6) is -0.945. The Morgan fingerprint density at radius 1 is 1.04 bits per heavy atom. The average Bonchev–Trinajstić information content (AvgIpc) is 2.87. The molecule has 0 spiro atoms. The van der Waals surface area contributed by atoms with E-state index in [1.165, 1.54) is 0 Å². The first-order valence-corrected chi connectivity index (χ1v) is 8.76. The molecule has 1 unspecified atom stereocenters. The van der Waals surface area contributed by atoms with Crippen molar-refractivity contribution in [3.05, 3.63) is 71.3 Å². The Hall–Kier alpha value is -2.51. The second-order valence-corrected chi connectivity index (χ2v) is 7.39. The van der Waals surface area contributed by atoms with Crippen LogP contribution >= 0.6 is 11.8 Å². The molecule has 0 N–H and O–H groups in total. The minimum absolute atomic E-state index is 0.175. The number of thioether (sulfide) groups is 1. The van der Waals surface area contributed by atoms with Gasteiger partial charge in [-0.25, -0.2) is 0 Å². The van der Waals surface area contributed by atoms with Crippen LogP contribution in [0.25, 0.3) is 5.57 Å². The number of rotatable bonds is 4. The van der Waals surface area contributed by atoms with Gasteiger partial charge in [0.05, 0.1) is 11.1 Å². The number of hydrogen-bond donors (Lipinski definition) is 0. The van der Waals surface area contributed by atoms with Crippen LogP contribution in [0.3, 0.4) is 0 Å². The third kappa shape index (κ3) is 2.95. The van der Waals surface area contributed by atoms with Gasteiger partial charge in [0.25, 0.3) is 5.91 Å². The summed E-state index contributed by atoms with van der Waals surface area (Å²) >= 11 is 1.62. The third-order valence-electron chi connectivity index (χ3n) is 3.77. The highest BCUT2D eigenvalue weighted by Crippen LogP contribution is 2.45. The van der Waals surface area contributed by atoms with Gasteiger partial charge in [-0.05, 0) is 17.7 Å². The SMILES string of the molecule is CC(C)SC1=C(c2ccccc2)C(C#N)C(=O)N1c1ccccc1. The number of nitrogens with zero attached hydrogens (tertiary/aromatic N) is 2. The molecule has 1 aliphatic rings. The van der Waals surface area contributed by atoms with Gasteiger partial charge >= 0.3 is 0 Å². The van der Waals surface area contributed by atoms with Gasteiger partial charge < -0.3 is 0 Å². The van der Waals surface area contributed by atoms with E-state index in [9.17, 15) is 10.1 Å². The molecule has 1 heterocycles. The fourth-order valence-electron chi connectivity index (χ4n) is 2.79. The fraction of sp³-hybridized carbons (Fsp3) is 0.200. The molecule has 0 saturated heterocycles. The van der Waals surface area contributed by atoms with Crippen molar-refractivity contribution in [2.45, 2.75) is 19.1 Å². The molecule has 0 saturated carbocycles. The van der Waals surface area contributed by atoms with Gasteiger partial charge in [0, 0.05) is 16.5 Å². The summed E-state index contributed by atoms with van der Waals surface area (Å²) in [6.07, 6.45) is 0. The number of hydrogen-bond acceptors (Lipinski definition) is 3. The first-order valence-electron chi connectivity index (χ1n) is 7.88. The summed E-state index contributed by atoms with van der Waals surface area (Å²) in [6, 6.07) is 21.5. The molecule has 2 aromatic carbocycles. The number of benzene rings is 2. The molecule has 0 radical (unpaired) electrons. The van der Waals surface area contributed by atoms with Crippen molar-refractivity contribution in [1.82, 2.24) is 0 Å². The maximum Gasteiger partial charge on any atom is 0.253 e. The summed E-state index contributed by atoms with van der Waals surface area (Å²) in [5.41, 5.74) is 2.54. The zero-order valence-electron chi connectivity index (χ0n) is 13.6. The molecule has 0 bridgehead atoms. The van der Waals surface area contributed by atoms with E-state index in [0.29, 0.717) is 5.25 Å². The van der Waals surface area contributed by atoms with Gasteiger partial charge in [-0.1, -0.05) is 62.4 Å². The molecule has 3 rings (SSSR count). The summed E-state index contributed by atoms with van der Waals surface area (Å²) in [6.45, 7) is 4.18. The van der Waals surface area contributed by atoms with Crippen molar-refractivity contribution in [1.29, 1.82) is 5.26 Å². The van der Waals surface area contributed by atoms with Gasteiger partial charge in [0.15, 0.2) is 5.92 Å². The number of anilines is 1. The Labute approximate surface area is 146 Å². The molecular formula is C20H18N2OS. The summed E-state index contributed by atoms with van der Waals surface area (Å²) in [7, 11) is 0. The standard InChI is InChI=1S/C20H18N2OS/c1-14(2)24-20-18(15-9-5-3-6-10-15)17(13-21)19(23)22(20)16-11-7-4-8-12-16/h3-12,14,17H,1-2H3. The number of carbonyl (C=O) groups is 1. The Kier molecular flexibility index (Phi) is 4.73. The Morgan fingerprint density at radius 2 is 1.62 bits per heavy atom. The largest absolute Gasteiger partial charge is 0.273 e. The molecule has 1 amide bonds. The first-order chi connectivity index (χ1) is 11.6. The van der Waals surface area contributed by atoms with E-state index in [1.807, 2.05) is 60.7 Å². The van der Waals surface area contributed by atoms with E-state index in [4.69, 9.17) is 0 Å². The Bertz CT molecular complexity index is 807. The van der Waals surface area contributed by atoms with Gasteiger partial charge in [0.1, 0.15) is 0 Å². The number of amides is 1. The second kappa shape index (κ2) is 6.94. The minimum atomic E-state index is -0.770. The van der Waals surface area contributed by atoms with Crippen LogP contribution in [-0.4, -0.2) is 11.2 Å². The van der Waals surface area contributed by atoms with Gasteiger partial charge in [0.2, 0.25) is 0 Å². The highest BCUT2D eigenvalue weighted by atomic mass is 32.2. The summed E-state index contributed by atoms with van der Waals surface area (Å²) in [4.78, 5) is 14.7. The van der Waals surface area contributed by atoms with Gasteiger partial charge in [-0.2, -0.15) is 5.26 Å². The highest BCUT2D eigenvalue weighted by molar-refractivity contribution is 8.04. The molecule has 24 heavy (non-hydrogen) atoms. The average molecular weight is 334 g/mol. The number of nitriles is 1. The van der Waals surface area contributed by atoms with E-state index < -0.39 is 5.92 Å². The minimum Gasteiger partial charge on any atom is -0.273 e. The molecule has 2 aromatic rings. The van der Waals surface area contributed by atoms with Crippen LogP contribution in [0.5, 0.6) is 0 Å². The first kappa shape index (κ1) is 16.4. The quantitative estimate of drug-likeness (QED) is 0.815. The van der Waals surface area contributed by atoms with Crippen LogP contribution < -0.4 is 4.90 Å². The number of carbonyl (C=O) groups excluding carboxylic acids is 1. The maximum absolute atomic E-state index is 13.0. The Balaban J connectivity index is 2.21. The van der Waals surface area contributed by atoms with Crippen molar-refractivity contribution in [2.24, 2.45) is 5.92 Å². The predicted octanol–water partition coefficient (Wildman–Crippen LogP) is 4.68. The van der Waals surface area contributed by atoms with E-state index in [-0.39, 0.29) is 5.91 Å². The molecule has 0 aliphatic carbocycles. The van der Waals surface area contributed by atoms with Crippen molar-refractivity contribution < 1.29 is 4.79 Å². The molecule has 0 aromatic heterocycles. The molecular weight excluding hydrogens is 316 g/mol. The second-order valence-electron chi connectivity index (χ2n) is 5.82. The van der Waals surface area contributed by atoms with Crippen molar-refractivity contribution in [3.8, 4) is 6.07 Å². The molecule has 0 fully saturated rings.